The molecule has 1 aromatic heterocycles. The van der Waals surface area contributed by atoms with Crippen LogP contribution in [0.5, 0.6) is 0 Å². The molecule has 0 spiro atoms. The maximum atomic E-state index is 12.2. The number of aromatic nitrogens is 2. The van der Waals surface area contributed by atoms with Gasteiger partial charge in [0.25, 0.3) is 0 Å². The Labute approximate surface area is 47.0 Å². The van der Waals surface area contributed by atoms with E-state index in [2.05, 4.69) is 4.98 Å². The van der Waals surface area contributed by atoms with Crippen molar-refractivity contribution in [1.82, 2.24) is 9.55 Å². The third-order valence-corrected chi connectivity index (χ3v) is 1.17. The molecule has 2 nitrogen and oxygen atoms in total. The summed E-state index contributed by atoms with van der Waals surface area (Å²) in [7, 11) is 1.76. The molecule has 1 heterocycles. The van der Waals surface area contributed by atoms with Crippen LogP contribution in [-0.2, 0) is 7.05 Å². The zero-order chi connectivity index (χ0) is 6.15. The number of hydrogen-bond donors (Lipinski definition) is 0. The predicted molar refractivity (Wildman–Crippen MR) is 27.9 cm³/mol. The summed E-state index contributed by atoms with van der Waals surface area (Å²) < 4.78 is 13.8. The molecule has 8 heavy (non-hydrogen) atoms. The van der Waals surface area contributed by atoms with Gasteiger partial charge >= 0.3 is 0 Å². The number of nitrogens with zero attached hydrogens (tertiary/aromatic N) is 2. The Bertz CT molecular complexity index is 173. The zero-order valence-corrected chi connectivity index (χ0v) is 4.85. The van der Waals surface area contributed by atoms with E-state index in [1.54, 1.807) is 18.5 Å². The molecule has 0 bridgehead atoms. The van der Waals surface area contributed by atoms with E-state index in [0.29, 0.717) is 5.69 Å². The fourth-order valence-electron chi connectivity index (χ4n) is 0.463. The highest BCUT2D eigenvalue weighted by Gasteiger charge is 1.98. The molecule has 1 rings (SSSR count). The van der Waals surface area contributed by atoms with Gasteiger partial charge in [-0.3, -0.25) is 0 Å². The maximum Gasteiger partial charge on any atom is 0.233 e. The summed E-state index contributed by atoms with van der Waals surface area (Å²) in [6.07, 6.45) is 1.45. The van der Waals surface area contributed by atoms with Gasteiger partial charge in [0.15, 0.2) is 0 Å². The second-order valence-corrected chi connectivity index (χ2v) is 1.73. The minimum atomic E-state index is -0.382. The van der Waals surface area contributed by atoms with E-state index in [9.17, 15) is 4.39 Å². The van der Waals surface area contributed by atoms with Gasteiger partial charge in [0.1, 0.15) is 0 Å². The molecule has 0 atom stereocenters. The van der Waals surface area contributed by atoms with E-state index in [0.717, 1.165) is 0 Å². The summed E-state index contributed by atoms with van der Waals surface area (Å²) >= 11 is 0. The number of hydrogen-bond acceptors (Lipinski definition) is 1. The Morgan fingerprint density at radius 1 is 1.75 bits per heavy atom. The highest BCUT2D eigenvalue weighted by molar-refractivity contribution is 4.95. The van der Waals surface area contributed by atoms with Crippen molar-refractivity contribution in [2.75, 3.05) is 0 Å². The Morgan fingerprint density at radius 2 is 2.38 bits per heavy atom. The van der Waals surface area contributed by atoms with Crippen LogP contribution < -0.4 is 0 Å². The SMILES string of the molecule is Cc1c(F)ncn1C. The van der Waals surface area contributed by atoms with Crippen molar-refractivity contribution in [2.45, 2.75) is 6.92 Å². The first-order valence-electron chi connectivity index (χ1n) is 2.35. The first-order chi connectivity index (χ1) is 3.72. The van der Waals surface area contributed by atoms with E-state index >= 15 is 0 Å². The van der Waals surface area contributed by atoms with Gasteiger partial charge in [-0.05, 0) is 6.92 Å². The second kappa shape index (κ2) is 1.58. The smallest absolute Gasteiger partial charge is 0.233 e. The molecular formula is C5H7FN2. The van der Waals surface area contributed by atoms with Crippen molar-refractivity contribution in [2.24, 2.45) is 7.05 Å². The van der Waals surface area contributed by atoms with Crippen LogP contribution in [0.3, 0.4) is 0 Å². The molecular weight excluding hydrogens is 107 g/mol. The van der Waals surface area contributed by atoms with Gasteiger partial charge in [-0.1, -0.05) is 0 Å². The summed E-state index contributed by atoms with van der Waals surface area (Å²) in [6, 6.07) is 0. The minimum Gasteiger partial charge on any atom is -0.335 e. The van der Waals surface area contributed by atoms with Crippen LogP contribution >= 0.6 is 0 Å². The van der Waals surface area contributed by atoms with E-state index in [-0.39, 0.29) is 5.95 Å². The fourth-order valence-corrected chi connectivity index (χ4v) is 0.463. The van der Waals surface area contributed by atoms with Crippen molar-refractivity contribution in [1.29, 1.82) is 0 Å². The van der Waals surface area contributed by atoms with E-state index in [1.165, 1.54) is 6.33 Å². The molecule has 0 fully saturated rings. The zero-order valence-electron chi connectivity index (χ0n) is 4.85. The second-order valence-electron chi connectivity index (χ2n) is 1.73. The van der Waals surface area contributed by atoms with Gasteiger partial charge in [0, 0.05) is 7.05 Å². The molecule has 0 aliphatic rings. The van der Waals surface area contributed by atoms with Crippen molar-refractivity contribution in [3.05, 3.63) is 18.0 Å². The summed E-state index contributed by atoms with van der Waals surface area (Å²) in [5.74, 6) is -0.382. The number of rotatable bonds is 0. The lowest BCUT2D eigenvalue weighted by atomic mass is 10.5. The average molecular weight is 114 g/mol. The number of halogens is 1. The first kappa shape index (κ1) is 5.28. The van der Waals surface area contributed by atoms with Gasteiger partial charge < -0.3 is 4.57 Å². The molecule has 3 heteroatoms. The minimum absolute atomic E-state index is 0.382. The highest BCUT2D eigenvalue weighted by Crippen LogP contribution is 1.98. The summed E-state index contributed by atoms with van der Waals surface area (Å²) in [5.41, 5.74) is 0.574. The van der Waals surface area contributed by atoms with E-state index in [1.807, 2.05) is 0 Å². The predicted octanol–water partition coefficient (Wildman–Crippen LogP) is 0.868. The van der Waals surface area contributed by atoms with Crippen molar-refractivity contribution < 1.29 is 4.39 Å². The standard InChI is InChI=1S/C5H7FN2/c1-4-5(6)7-3-8(4)2/h3H,1-2H3. The van der Waals surface area contributed by atoms with Crippen LogP contribution in [0.4, 0.5) is 4.39 Å². The highest BCUT2D eigenvalue weighted by atomic mass is 19.1. The molecule has 44 valence electrons. The quantitative estimate of drug-likeness (QED) is 0.489. The van der Waals surface area contributed by atoms with Crippen LogP contribution in [-0.4, -0.2) is 9.55 Å². The van der Waals surface area contributed by atoms with Gasteiger partial charge in [0.2, 0.25) is 5.95 Å². The molecule has 1 aromatic rings. The van der Waals surface area contributed by atoms with Gasteiger partial charge in [0.05, 0.1) is 12.0 Å². The third-order valence-electron chi connectivity index (χ3n) is 1.17. The largest absolute Gasteiger partial charge is 0.335 e. The number of aryl methyl sites for hydroxylation is 1. The Morgan fingerprint density at radius 3 is 2.50 bits per heavy atom. The number of imidazole rings is 1. The topological polar surface area (TPSA) is 17.8 Å². The molecule has 0 aliphatic heterocycles. The lowest BCUT2D eigenvalue weighted by Crippen LogP contribution is -1.87. The van der Waals surface area contributed by atoms with Crippen LogP contribution in [0.25, 0.3) is 0 Å². The normalized spacial score (nSPS) is 9.88. The fraction of sp³-hybridized carbons (Fsp3) is 0.400. The van der Waals surface area contributed by atoms with Crippen LogP contribution in [0.2, 0.25) is 0 Å². The lowest BCUT2D eigenvalue weighted by Gasteiger charge is -1.88. The molecule has 0 aliphatic carbocycles. The first-order valence-corrected chi connectivity index (χ1v) is 2.35. The Balaban J connectivity index is 3.19. The van der Waals surface area contributed by atoms with Gasteiger partial charge in [-0.15, -0.1) is 0 Å². The molecule has 0 N–H and O–H groups in total. The molecule has 0 aromatic carbocycles. The summed E-state index contributed by atoms with van der Waals surface area (Å²) in [6.45, 7) is 1.68. The van der Waals surface area contributed by atoms with E-state index in [4.69, 9.17) is 0 Å². The van der Waals surface area contributed by atoms with Crippen LogP contribution in [0, 0.1) is 12.9 Å². The summed E-state index contributed by atoms with van der Waals surface area (Å²) in [4.78, 5) is 3.41. The Kier molecular flexibility index (Phi) is 1.04. The van der Waals surface area contributed by atoms with Crippen LogP contribution in [0.1, 0.15) is 5.69 Å². The molecule has 0 saturated heterocycles. The van der Waals surface area contributed by atoms with Crippen molar-refractivity contribution in [3.63, 3.8) is 0 Å². The molecule has 0 amide bonds. The molecule has 0 radical (unpaired) electrons. The lowest BCUT2D eigenvalue weighted by molar-refractivity contribution is 0.578. The van der Waals surface area contributed by atoms with Gasteiger partial charge in [-0.25, -0.2) is 4.98 Å². The molecule has 0 saturated carbocycles. The monoisotopic (exact) mass is 114 g/mol. The van der Waals surface area contributed by atoms with Crippen molar-refractivity contribution >= 4 is 0 Å². The van der Waals surface area contributed by atoms with Crippen molar-refractivity contribution in [3.8, 4) is 0 Å². The van der Waals surface area contributed by atoms with E-state index < -0.39 is 0 Å². The third kappa shape index (κ3) is 0.598. The molecule has 0 unspecified atom stereocenters. The summed E-state index contributed by atoms with van der Waals surface area (Å²) in [5, 5.41) is 0. The van der Waals surface area contributed by atoms with Crippen LogP contribution in [0.15, 0.2) is 6.33 Å². The van der Waals surface area contributed by atoms with Gasteiger partial charge in [-0.2, -0.15) is 4.39 Å². The average Bonchev–Trinajstić information content (AvgIpc) is 1.98. The maximum absolute atomic E-state index is 12.2. The Hall–Kier alpha value is -0.860.